The van der Waals surface area contributed by atoms with Gasteiger partial charge in [0, 0.05) is 6.54 Å². The molecular formula is C23H30ClNO. The van der Waals surface area contributed by atoms with E-state index >= 15 is 0 Å². The van der Waals surface area contributed by atoms with Gasteiger partial charge in [-0.05, 0) is 74.0 Å². The average Bonchev–Trinajstić information content (AvgIpc) is 2.68. The number of likely N-dealkylation sites (tertiary alicyclic amines) is 1. The molecule has 0 bridgehead atoms. The lowest BCUT2D eigenvalue weighted by atomic mass is 9.90. The summed E-state index contributed by atoms with van der Waals surface area (Å²) in [4.78, 5) is 2.58. The molecule has 0 aromatic heterocycles. The predicted molar refractivity (Wildman–Crippen MR) is 113 cm³/mol. The van der Waals surface area contributed by atoms with Crippen LogP contribution in [-0.2, 0) is 6.42 Å². The normalized spacial score (nSPS) is 16.2. The van der Waals surface area contributed by atoms with Gasteiger partial charge >= 0.3 is 0 Å². The molecule has 1 aliphatic rings. The highest BCUT2D eigenvalue weighted by atomic mass is 35.5. The van der Waals surface area contributed by atoms with E-state index < -0.39 is 0 Å². The molecule has 0 saturated carbocycles. The van der Waals surface area contributed by atoms with Gasteiger partial charge in [-0.2, -0.15) is 0 Å². The number of hydrogen-bond donors (Lipinski definition) is 0. The lowest BCUT2D eigenvalue weighted by Gasteiger charge is -2.31. The van der Waals surface area contributed by atoms with E-state index in [1.807, 2.05) is 12.1 Å². The summed E-state index contributed by atoms with van der Waals surface area (Å²) < 4.78 is 5.23. The molecule has 2 aromatic carbocycles. The zero-order valence-electron chi connectivity index (χ0n) is 15.9. The van der Waals surface area contributed by atoms with Gasteiger partial charge in [0.2, 0.25) is 0 Å². The molecule has 0 radical (unpaired) electrons. The molecule has 0 spiro atoms. The van der Waals surface area contributed by atoms with E-state index in [0.717, 1.165) is 18.2 Å². The van der Waals surface area contributed by atoms with Crippen molar-refractivity contribution in [3.8, 4) is 5.75 Å². The van der Waals surface area contributed by atoms with Crippen LogP contribution in [0.5, 0.6) is 5.75 Å². The monoisotopic (exact) mass is 371 g/mol. The first-order chi connectivity index (χ1) is 12.2. The van der Waals surface area contributed by atoms with Crippen molar-refractivity contribution >= 4 is 18.0 Å². The van der Waals surface area contributed by atoms with Crippen molar-refractivity contribution < 1.29 is 4.74 Å². The van der Waals surface area contributed by atoms with E-state index in [2.05, 4.69) is 60.4 Å². The second-order valence-corrected chi connectivity index (χ2v) is 7.05. The molecule has 3 rings (SSSR count). The van der Waals surface area contributed by atoms with Gasteiger partial charge in [0.1, 0.15) is 5.75 Å². The van der Waals surface area contributed by atoms with Gasteiger partial charge in [0.05, 0.1) is 7.11 Å². The Bertz CT molecular complexity index is 673. The van der Waals surface area contributed by atoms with Gasteiger partial charge < -0.3 is 4.74 Å². The summed E-state index contributed by atoms with van der Waals surface area (Å²) in [5, 5.41) is 0. The molecule has 2 aromatic rings. The minimum Gasteiger partial charge on any atom is -0.497 e. The Kier molecular flexibility index (Phi) is 8.21. The Morgan fingerprint density at radius 2 is 1.69 bits per heavy atom. The van der Waals surface area contributed by atoms with Crippen LogP contribution < -0.4 is 4.74 Å². The lowest BCUT2D eigenvalue weighted by molar-refractivity contribution is 0.200. The summed E-state index contributed by atoms with van der Waals surface area (Å²) in [6.45, 7) is 5.67. The molecule has 0 amide bonds. The maximum Gasteiger partial charge on any atom is 0.118 e. The van der Waals surface area contributed by atoms with Crippen molar-refractivity contribution in [1.29, 1.82) is 0 Å². The number of halogens is 1. The van der Waals surface area contributed by atoms with Gasteiger partial charge in [-0.25, -0.2) is 0 Å². The maximum atomic E-state index is 5.23. The highest BCUT2D eigenvalue weighted by Gasteiger charge is 2.18. The topological polar surface area (TPSA) is 12.5 Å². The minimum atomic E-state index is 0. The quantitative estimate of drug-likeness (QED) is 0.667. The van der Waals surface area contributed by atoms with Crippen molar-refractivity contribution in [2.45, 2.75) is 26.2 Å². The zero-order valence-corrected chi connectivity index (χ0v) is 16.7. The Labute approximate surface area is 164 Å². The molecule has 0 N–H and O–H groups in total. The third kappa shape index (κ3) is 5.89. The van der Waals surface area contributed by atoms with Gasteiger partial charge in [-0.1, -0.05) is 48.5 Å². The molecular weight excluding hydrogens is 342 g/mol. The first-order valence-corrected chi connectivity index (χ1v) is 9.32. The number of rotatable bonds is 6. The molecule has 0 atom stereocenters. The van der Waals surface area contributed by atoms with Crippen LogP contribution in [0.3, 0.4) is 0 Å². The van der Waals surface area contributed by atoms with Crippen molar-refractivity contribution in [3.63, 3.8) is 0 Å². The highest BCUT2D eigenvalue weighted by molar-refractivity contribution is 5.85. The standard InChI is InChI=1S/C23H29NO.ClH/c1-19(22-8-10-23(25-2)11-9-22)12-15-24-16-13-21(14-17-24)18-20-6-4-3-5-7-20;/h3-12,21H,13-18H2,1-2H3;1H/b19-12+;. The van der Waals surface area contributed by atoms with Gasteiger partial charge in [-0.15, -0.1) is 12.4 Å². The van der Waals surface area contributed by atoms with Crippen LogP contribution in [0.2, 0.25) is 0 Å². The van der Waals surface area contributed by atoms with E-state index in [-0.39, 0.29) is 12.4 Å². The molecule has 1 aliphatic heterocycles. The third-order valence-electron chi connectivity index (χ3n) is 5.28. The number of allylic oxidation sites excluding steroid dienone is 1. The number of methoxy groups -OCH3 is 1. The number of benzene rings is 2. The Morgan fingerprint density at radius 1 is 1.04 bits per heavy atom. The van der Waals surface area contributed by atoms with Crippen LogP contribution in [0.1, 0.15) is 30.9 Å². The van der Waals surface area contributed by atoms with E-state index in [4.69, 9.17) is 4.74 Å². The number of hydrogen-bond acceptors (Lipinski definition) is 2. The van der Waals surface area contributed by atoms with E-state index in [0.29, 0.717) is 0 Å². The molecule has 3 heteroatoms. The molecule has 0 unspecified atom stereocenters. The largest absolute Gasteiger partial charge is 0.497 e. The fourth-order valence-electron chi connectivity index (χ4n) is 3.56. The second kappa shape index (κ2) is 10.4. The van der Waals surface area contributed by atoms with Crippen LogP contribution in [0, 0.1) is 5.92 Å². The smallest absolute Gasteiger partial charge is 0.118 e. The third-order valence-corrected chi connectivity index (χ3v) is 5.28. The molecule has 0 aliphatic carbocycles. The van der Waals surface area contributed by atoms with Gasteiger partial charge in [-0.3, -0.25) is 4.90 Å². The lowest BCUT2D eigenvalue weighted by Crippen LogP contribution is -2.34. The highest BCUT2D eigenvalue weighted by Crippen LogP contribution is 2.22. The minimum absolute atomic E-state index is 0. The van der Waals surface area contributed by atoms with Crippen LogP contribution in [0.25, 0.3) is 5.57 Å². The van der Waals surface area contributed by atoms with Crippen LogP contribution >= 0.6 is 12.4 Å². The van der Waals surface area contributed by atoms with Gasteiger partial charge in [0.15, 0.2) is 0 Å². The van der Waals surface area contributed by atoms with Crippen molar-refractivity contribution in [2.24, 2.45) is 5.92 Å². The predicted octanol–water partition coefficient (Wildman–Crippen LogP) is 5.48. The summed E-state index contributed by atoms with van der Waals surface area (Å²) in [5.41, 5.74) is 4.10. The fraction of sp³-hybridized carbons (Fsp3) is 0.391. The Hall–Kier alpha value is -1.77. The molecule has 1 saturated heterocycles. The summed E-state index contributed by atoms with van der Waals surface area (Å²) in [5.74, 6) is 1.75. The first-order valence-electron chi connectivity index (χ1n) is 9.32. The first kappa shape index (κ1) is 20.5. The summed E-state index contributed by atoms with van der Waals surface area (Å²) in [6, 6.07) is 19.2. The van der Waals surface area contributed by atoms with Crippen molar-refractivity contribution in [3.05, 3.63) is 71.8 Å². The number of nitrogens with zero attached hydrogens (tertiary/aromatic N) is 1. The Balaban J connectivity index is 0.00000243. The average molecular weight is 372 g/mol. The molecule has 140 valence electrons. The molecule has 1 fully saturated rings. The molecule has 2 nitrogen and oxygen atoms in total. The molecule has 1 heterocycles. The summed E-state index contributed by atoms with van der Waals surface area (Å²) in [6.07, 6.45) is 6.21. The van der Waals surface area contributed by atoms with Gasteiger partial charge in [0.25, 0.3) is 0 Å². The van der Waals surface area contributed by atoms with E-state index in [1.54, 1.807) is 7.11 Å². The van der Waals surface area contributed by atoms with Crippen molar-refractivity contribution in [1.82, 2.24) is 4.90 Å². The number of ether oxygens (including phenoxy) is 1. The Morgan fingerprint density at radius 3 is 2.31 bits per heavy atom. The van der Waals surface area contributed by atoms with Crippen molar-refractivity contribution in [2.75, 3.05) is 26.7 Å². The van der Waals surface area contributed by atoms with Crippen LogP contribution in [-0.4, -0.2) is 31.6 Å². The van der Waals surface area contributed by atoms with Crippen LogP contribution in [0.15, 0.2) is 60.7 Å². The zero-order chi connectivity index (χ0) is 17.5. The van der Waals surface area contributed by atoms with E-state index in [9.17, 15) is 0 Å². The summed E-state index contributed by atoms with van der Waals surface area (Å²) in [7, 11) is 1.71. The summed E-state index contributed by atoms with van der Waals surface area (Å²) >= 11 is 0. The molecule has 26 heavy (non-hydrogen) atoms. The maximum absolute atomic E-state index is 5.23. The fourth-order valence-corrected chi connectivity index (χ4v) is 3.56. The van der Waals surface area contributed by atoms with Crippen LogP contribution in [0.4, 0.5) is 0 Å². The number of piperidine rings is 1. The van der Waals surface area contributed by atoms with E-state index in [1.165, 1.54) is 49.1 Å². The SMILES string of the molecule is COc1ccc(/C(C)=C/CN2CCC(Cc3ccccc3)CC2)cc1.Cl. The second-order valence-electron chi connectivity index (χ2n) is 7.05.